The third-order valence-corrected chi connectivity index (χ3v) is 2.47. The Balaban J connectivity index is 2.81. The van der Waals surface area contributed by atoms with E-state index < -0.39 is 17.9 Å². The van der Waals surface area contributed by atoms with Gasteiger partial charge in [0.2, 0.25) is 0 Å². The van der Waals surface area contributed by atoms with Crippen molar-refractivity contribution in [1.82, 2.24) is 4.98 Å². The fourth-order valence-corrected chi connectivity index (χ4v) is 1.68. The van der Waals surface area contributed by atoms with Gasteiger partial charge in [-0.15, -0.1) is 0 Å². The van der Waals surface area contributed by atoms with Gasteiger partial charge in [-0.05, 0) is 30.7 Å². The molecule has 88 valence electrons. The van der Waals surface area contributed by atoms with E-state index in [1.807, 2.05) is 0 Å². The molecule has 0 spiro atoms. The molecule has 1 atom stereocenters. The number of aromatic nitrogens is 1. The van der Waals surface area contributed by atoms with Gasteiger partial charge >= 0.3 is 5.97 Å². The lowest BCUT2D eigenvalue weighted by Crippen LogP contribution is -2.04. The Labute approximate surface area is 96.3 Å². The van der Waals surface area contributed by atoms with Crippen molar-refractivity contribution in [3.63, 3.8) is 0 Å². The van der Waals surface area contributed by atoms with Crippen LogP contribution >= 0.6 is 0 Å². The topological polar surface area (TPSA) is 70.4 Å². The number of pyridine rings is 1. The molecule has 1 heterocycles. The minimum absolute atomic E-state index is 0.209. The van der Waals surface area contributed by atoms with E-state index in [1.54, 1.807) is 0 Å². The number of fused-ring (bicyclic) bond motifs is 1. The van der Waals surface area contributed by atoms with Gasteiger partial charge in [0.1, 0.15) is 11.5 Å². The lowest BCUT2D eigenvalue weighted by Gasteiger charge is -2.10. The van der Waals surface area contributed by atoms with Crippen LogP contribution in [0.15, 0.2) is 24.3 Å². The predicted octanol–water partition coefficient (Wildman–Crippen LogP) is 2.13. The molecule has 0 radical (unpaired) electrons. The van der Waals surface area contributed by atoms with Crippen LogP contribution in [0.5, 0.6) is 0 Å². The summed E-state index contributed by atoms with van der Waals surface area (Å²) in [4.78, 5) is 14.7. The maximum atomic E-state index is 13.1. The highest BCUT2D eigenvalue weighted by molar-refractivity contribution is 5.91. The fourth-order valence-electron chi connectivity index (χ4n) is 1.68. The molecule has 0 aliphatic carbocycles. The minimum atomic E-state index is -1.21. The van der Waals surface area contributed by atoms with Gasteiger partial charge in [-0.1, -0.05) is 0 Å². The first-order valence-corrected chi connectivity index (χ1v) is 5.00. The highest BCUT2D eigenvalue weighted by Gasteiger charge is 2.14. The second-order valence-electron chi connectivity index (χ2n) is 3.74. The number of aliphatic hydroxyl groups is 1. The van der Waals surface area contributed by atoms with E-state index >= 15 is 0 Å². The third-order valence-electron chi connectivity index (χ3n) is 2.47. The summed E-state index contributed by atoms with van der Waals surface area (Å²) in [5.41, 5.74) is 0.437. The van der Waals surface area contributed by atoms with Gasteiger partial charge in [0, 0.05) is 11.5 Å². The van der Waals surface area contributed by atoms with Crippen molar-refractivity contribution < 1.29 is 19.4 Å². The smallest absolute Gasteiger partial charge is 0.354 e. The molecule has 17 heavy (non-hydrogen) atoms. The molecule has 2 rings (SSSR count). The second kappa shape index (κ2) is 4.10. The molecule has 2 N–H and O–H groups in total. The van der Waals surface area contributed by atoms with E-state index in [0.29, 0.717) is 10.9 Å². The first-order valence-electron chi connectivity index (χ1n) is 5.00. The van der Waals surface area contributed by atoms with Gasteiger partial charge in [-0.25, -0.2) is 14.2 Å². The number of carbonyl (C=O) groups is 1. The van der Waals surface area contributed by atoms with Gasteiger partial charge in [-0.2, -0.15) is 0 Å². The molecule has 0 aliphatic heterocycles. The van der Waals surface area contributed by atoms with E-state index in [9.17, 15) is 14.3 Å². The van der Waals surface area contributed by atoms with Crippen molar-refractivity contribution in [2.75, 3.05) is 0 Å². The maximum absolute atomic E-state index is 13.1. The van der Waals surface area contributed by atoms with E-state index in [0.717, 1.165) is 6.07 Å². The summed E-state index contributed by atoms with van der Waals surface area (Å²) < 4.78 is 13.1. The Kier molecular flexibility index (Phi) is 2.77. The van der Waals surface area contributed by atoms with E-state index in [4.69, 9.17) is 5.11 Å². The average molecular weight is 235 g/mol. The van der Waals surface area contributed by atoms with E-state index in [-0.39, 0.29) is 11.2 Å². The van der Waals surface area contributed by atoms with Crippen molar-refractivity contribution in [1.29, 1.82) is 0 Å². The van der Waals surface area contributed by atoms with Crippen LogP contribution in [0.1, 0.15) is 29.1 Å². The Morgan fingerprint density at radius 3 is 2.71 bits per heavy atom. The molecule has 0 fully saturated rings. The van der Waals surface area contributed by atoms with Crippen molar-refractivity contribution in [3.8, 4) is 0 Å². The molecule has 0 amide bonds. The van der Waals surface area contributed by atoms with Crippen LogP contribution < -0.4 is 0 Å². The van der Waals surface area contributed by atoms with Gasteiger partial charge in [-0.3, -0.25) is 0 Å². The van der Waals surface area contributed by atoms with E-state index in [2.05, 4.69) is 4.98 Å². The molecular formula is C12H10FNO3. The summed E-state index contributed by atoms with van der Waals surface area (Å²) in [7, 11) is 0. The van der Waals surface area contributed by atoms with Gasteiger partial charge < -0.3 is 10.2 Å². The third kappa shape index (κ3) is 2.09. The SMILES string of the molecule is CC(O)c1cc(C(=O)O)nc2cc(F)ccc12. The number of aliphatic hydroxyl groups excluding tert-OH is 1. The summed E-state index contributed by atoms with van der Waals surface area (Å²) in [6.45, 7) is 1.52. The van der Waals surface area contributed by atoms with Crippen LogP contribution in [-0.2, 0) is 0 Å². The zero-order chi connectivity index (χ0) is 12.6. The molecule has 5 heteroatoms. The van der Waals surface area contributed by atoms with E-state index in [1.165, 1.54) is 25.1 Å². The monoisotopic (exact) mass is 235 g/mol. The number of halogens is 1. The fraction of sp³-hybridized carbons (Fsp3) is 0.167. The maximum Gasteiger partial charge on any atom is 0.354 e. The van der Waals surface area contributed by atoms with Crippen molar-refractivity contribution in [3.05, 3.63) is 41.3 Å². The number of nitrogens with zero attached hydrogens (tertiary/aromatic N) is 1. The summed E-state index contributed by atoms with van der Waals surface area (Å²) in [6, 6.07) is 5.17. The van der Waals surface area contributed by atoms with Crippen LogP contribution in [-0.4, -0.2) is 21.2 Å². The number of aromatic carboxylic acids is 1. The van der Waals surface area contributed by atoms with Gasteiger partial charge in [0.25, 0.3) is 0 Å². The van der Waals surface area contributed by atoms with Gasteiger partial charge in [0.05, 0.1) is 11.6 Å². The van der Waals surface area contributed by atoms with Crippen LogP contribution in [0, 0.1) is 5.82 Å². The number of hydrogen-bond donors (Lipinski definition) is 2. The second-order valence-corrected chi connectivity index (χ2v) is 3.74. The Morgan fingerprint density at radius 1 is 1.41 bits per heavy atom. The van der Waals surface area contributed by atoms with Crippen LogP contribution in [0.3, 0.4) is 0 Å². The molecule has 0 bridgehead atoms. The number of hydrogen-bond acceptors (Lipinski definition) is 3. The van der Waals surface area contributed by atoms with Crippen LogP contribution in [0.25, 0.3) is 10.9 Å². The number of carboxylic acids is 1. The Morgan fingerprint density at radius 2 is 2.12 bits per heavy atom. The lowest BCUT2D eigenvalue weighted by atomic mass is 10.0. The number of carboxylic acid groups (broad SMARTS) is 1. The summed E-state index contributed by atoms with van der Waals surface area (Å²) in [6.07, 6.45) is -0.843. The number of benzene rings is 1. The van der Waals surface area contributed by atoms with Crippen LogP contribution in [0.4, 0.5) is 4.39 Å². The Hall–Kier alpha value is -2.01. The molecule has 0 aliphatic rings. The normalized spacial score (nSPS) is 12.6. The molecule has 1 aromatic carbocycles. The van der Waals surface area contributed by atoms with Gasteiger partial charge in [0.15, 0.2) is 0 Å². The highest BCUT2D eigenvalue weighted by atomic mass is 19.1. The predicted molar refractivity (Wildman–Crippen MR) is 59.3 cm³/mol. The Bertz CT molecular complexity index is 596. The first-order chi connectivity index (χ1) is 7.99. The van der Waals surface area contributed by atoms with Crippen LogP contribution in [0.2, 0.25) is 0 Å². The van der Waals surface area contributed by atoms with Crippen molar-refractivity contribution in [2.24, 2.45) is 0 Å². The molecule has 4 nitrogen and oxygen atoms in total. The summed E-state index contributed by atoms with van der Waals surface area (Å²) in [5, 5.41) is 19.0. The molecule has 2 aromatic rings. The minimum Gasteiger partial charge on any atom is -0.477 e. The summed E-state index contributed by atoms with van der Waals surface area (Å²) >= 11 is 0. The molecule has 0 saturated heterocycles. The lowest BCUT2D eigenvalue weighted by molar-refractivity contribution is 0.0690. The molecular weight excluding hydrogens is 225 g/mol. The largest absolute Gasteiger partial charge is 0.477 e. The quantitative estimate of drug-likeness (QED) is 0.836. The zero-order valence-electron chi connectivity index (χ0n) is 9.01. The zero-order valence-corrected chi connectivity index (χ0v) is 9.01. The standard InChI is InChI=1S/C12H10FNO3/c1-6(15)9-5-11(12(16)17)14-10-4-7(13)2-3-8(9)10/h2-6,15H,1H3,(H,16,17). The summed E-state index contributed by atoms with van der Waals surface area (Å²) in [5.74, 6) is -1.71. The first kappa shape index (κ1) is 11.5. The van der Waals surface area contributed by atoms with Crippen molar-refractivity contribution in [2.45, 2.75) is 13.0 Å². The molecule has 1 aromatic heterocycles. The van der Waals surface area contributed by atoms with Crippen molar-refractivity contribution >= 4 is 16.9 Å². The highest BCUT2D eigenvalue weighted by Crippen LogP contribution is 2.24. The molecule has 0 saturated carbocycles. The number of rotatable bonds is 2. The average Bonchev–Trinajstić information content (AvgIpc) is 2.26. The molecule has 1 unspecified atom stereocenters.